The molecule has 0 unspecified atom stereocenters. The van der Waals surface area contributed by atoms with Gasteiger partial charge < -0.3 is 15.4 Å². The molecule has 0 aliphatic heterocycles. The zero-order chi connectivity index (χ0) is 13.1. The van der Waals surface area contributed by atoms with Crippen LogP contribution in [0.25, 0.3) is 0 Å². The Morgan fingerprint density at radius 3 is 2.29 bits per heavy atom. The van der Waals surface area contributed by atoms with Gasteiger partial charge in [-0.15, -0.1) is 0 Å². The first-order chi connectivity index (χ1) is 8.09. The van der Waals surface area contributed by atoms with E-state index in [0.717, 1.165) is 52.0 Å². The van der Waals surface area contributed by atoms with Crippen LogP contribution in [0.5, 0.6) is 0 Å². The van der Waals surface area contributed by atoms with E-state index in [-0.39, 0.29) is 11.8 Å². The highest BCUT2D eigenvalue weighted by molar-refractivity contribution is 5.77. The molecule has 0 saturated heterocycles. The van der Waals surface area contributed by atoms with Crippen molar-refractivity contribution in [3.05, 3.63) is 0 Å². The zero-order valence-electron chi connectivity index (χ0n) is 11.6. The Morgan fingerprint density at radius 2 is 1.76 bits per heavy atom. The maximum Gasteiger partial charge on any atom is 0.224 e. The maximum absolute atomic E-state index is 11.6. The molecule has 0 atom stereocenters. The van der Waals surface area contributed by atoms with E-state index in [9.17, 15) is 4.79 Å². The van der Waals surface area contributed by atoms with Crippen molar-refractivity contribution in [2.24, 2.45) is 11.7 Å². The molecule has 102 valence electrons. The lowest BCUT2D eigenvalue weighted by atomic mass is 10.2. The van der Waals surface area contributed by atoms with Crippen molar-refractivity contribution in [2.75, 3.05) is 33.4 Å². The van der Waals surface area contributed by atoms with Crippen molar-refractivity contribution in [1.82, 2.24) is 4.90 Å². The fourth-order valence-corrected chi connectivity index (χ4v) is 1.55. The Labute approximate surface area is 105 Å². The van der Waals surface area contributed by atoms with Crippen LogP contribution in [0.15, 0.2) is 0 Å². The molecule has 0 aliphatic rings. The molecule has 0 saturated carbocycles. The summed E-state index contributed by atoms with van der Waals surface area (Å²) < 4.78 is 5.47. The van der Waals surface area contributed by atoms with Crippen molar-refractivity contribution in [1.29, 1.82) is 0 Å². The van der Waals surface area contributed by atoms with Gasteiger partial charge in [-0.1, -0.05) is 13.8 Å². The highest BCUT2D eigenvalue weighted by Crippen LogP contribution is 2.01. The highest BCUT2D eigenvalue weighted by Gasteiger charge is 2.11. The number of ether oxygens (including phenoxy) is 1. The third-order valence-electron chi connectivity index (χ3n) is 2.65. The van der Waals surface area contributed by atoms with Crippen LogP contribution in [0.4, 0.5) is 0 Å². The van der Waals surface area contributed by atoms with E-state index in [2.05, 4.69) is 0 Å². The predicted octanol–water partition coefficient (Wildman–Crippen LogP) is 1.64. The SMILES string of the molecule is CC(C)C(=O)N(C)CCCCOCCCCN. The summed E-state index contributed by atoms with van der Waals surface area (Å²) in [4.78, 5) is 13.4. The van der Waals surface area contributed by atoms with Crippen molar-refractivity contribution >= 4 is 5.91 Å². The number of carbonyl (C=O) groups excluding carboxylic acids is 1. The number of unbranched alkanes of at least 4 members (excludes halogenated alkanes) is 2. The van der Waals surface area contributed by atoms with Gasteiger partial charge in [-0.2, -0.15) is 0 Å². The van der Waals surface area contributed by atoms with Crippen molar-refractivity contribution in [2.45, 2.75) is 39.5 Å². The maximum atomic E-state index is 11.6. The van der Waals surface area contributed by atoms with Gasteiger partial charge in [0.15, 0.2) is 0 Å². The number of nitrogens with zero attached hydrogens (tertiary/aromatic N) is 1. The quantitative estimate of drug-likeness (QED) is 0.594. The van der Waals surface area contributed by atoms with E-state index in [4.69, 9.17) is 10.5 Å². The van der Waals surface area contributed by atoms with Crippen molar-refractivity contribution < 1.29 is 9.53 Å². The summed E-state index contributed by atoms with van der Waals surface area (Å²) in [6.07, 6.45) is 4.10. The summed E-state index contributed by atoms with van der Waals surface area (Å²) in [7, 11) is 1.87. The van der Waals surface area contributed by atoms with Crippen LogP contribution >= 0.6 is 0 Å². The van der Waals surface area contributed by atoms with Crippen LogP contribution in [0.2, 0.25) is 0 Å². The lowest BCUT2D eigenvalue weighted by Crippen LogP contribution is -2.31. The number of hydrogen-bond acceptors (Lipinski definition) is 3. The van der Waals surface area contributed by atoms with Crippen LogP contribution in [0.3, 0.4) is 0 Å². The number of rotatable bonds is 10. The summed E-state index contributed by atoms with van der Waals surface area (Å²) in [5.74, 6) is 0.307. The lowest BCUT2D eigenvalue weighted by molar-refractivity contribution is -0.133. The summed E-state index contributed by atoms with van der Waals surface area (Å²) >= 11 is 0. The molecule has 1 amide bonds. The summed E-state index contributed by atoms with van der Waals surface area (Å²) in [5, 5.41) is 0. The molecule has 0 aromatic rings. The molecule has 0 aromatic heterocycles. The molecular formula is C13H28N2O2. The van der Waals surface area contributed by atoms with Gasteiger partial charge in [-0.05, 0) is 32.2 Å². The average Bonchev–Trinajstić information content (AvgIpc) is 2.31. The predicted molar refractivity (Wildman–Crippen MR) is 70.8 cm³/mol. The van der Waals surface area contributed by atoms with Crippen molar-refractivity contribution in [3.63, 3.8) is 0 Å². The number of hydrogen-bond donors (Lipinski definition) is 1. The van der Waals surface area contributed by atoms with E-state index in [1.807, 2.05) is 20.9 Å². The van der Waals surface area contributed by atoms with Gasteiger partial charge in [0, 0.05) is 32.7 Å². The van der Waals surface area contributed by atoms with Gasteiger partial charge in [0.05, 0.1) is 0 Å². The Morgan fingerprint density at radius 1 is 1.18 bits per heavy atom. The molecule has 0 spiro atoms. The van der Waals surface area contributed by atoms with E-state index < -0.39 is 0 Å². The molecule has 0 aliphatic carbocycles. The molecule has 0 rings (SSSR count). The molecule has 0 heterocycles. The fraction of sp³-hybridized carbons (Fsp3) is 0.923. The summed E-state index contributed by atoms with van der Waals surface area (Å²) in [5.41, 5.74) is 5.38. The molecule has 0 radical (unpaired) electrons. The average molecular weight is 244 g/mol. The third kappa shape index (κ3) is 9.12. The molecule has 0 fully saturated rings. The second kappa shape index (κ2) is 10.5. The fourth-order valence-electron chi connectivity index (χ4n) is 1.55. The largest absolute Gasteiger partial charge is 0.381 e. The second-order valence-electron chi connectivity index (χ2n) is 4.73. The normalized spacial score (nSPS) is 10.9. The standard InChI is InChI=1S/C13H28N2O2/c1-12(2)13(16)15(3)9-5-7-11-17-10-6-4-8-14/h12H,4-11,14H2,1-3H3. The summed E-state index contributed by atoms with van der Waals surface area (Å²) in [6, 6.07) is 0. The summed E-state index contributed by atoms with van der Waals surface area (Å²) in [6.45, 7) is 7.01. The number of carbonyl (C=O) groups is 1. The van der Waals surface area contributed by atoms with E-state index in [1.54, 1.807) is 4.90 Å². The Hall–Kier alpha value is -0.610. The van der Waals surface area contributed by atoms with Gasteiger partial charge in [0.2, 0.25) is 5.91 Å². The van der Waals surface area contributed by atoms with E-state index in [1.165, 1.54) is 0 Å². The first-order valence-corrected chi connectivity index (χ1v) is 6.62. The Bertz CT molecular complexity index is 196. The first kappa shape index (κ1) is 16.4. The smallest absolute Gasteiger partial charge is 0.224 e. The third-order valence-corrected chi connectivity index (χ3v) is 2.65. The molecule has 17 heavy (non-hydrogen) atoms. The number of amides is 1. The Balaban J connectivity index is 3.30. The number of nitrogens with two attached hydrogens (primary N) is 1. The zero-order valence-corrected chi connectivity index (χ0v) is 11.6. The van der Waals surface area contributed by atoms with E-state index in [0.29, 0.717) is 0 Å². The van der Waals surface area contributed by atoms with Crippen LogP contribution in [-0.2, 0) is 9.53 Å². The van der Waals surface area contributed by atoms with Crippen LogP contribution in [0, 0.1) is 5.92 Å². The molecule has 2 N–H and O–H groups in total. The van der Waals surface area contributed by atoms with Gasteiger partial charge in [0.25, 0.3) is 0 Å². The molecular weight excluding hydrogens is 216 g/mol. The second-order valence-corrected chi connectivity index (χ2v) is 4.73. The Kier molecular flexibility index (Phi) is 10.2. The van der Waals surface area contributed by atoms with Gasteiger partial charge in [-0.25, -0.2) is 0 Å². The minimum Gasteiger partial charge on any atom is -0.381 e. The molecule has 4 nitrogen and oxygen atoms in total. The minimum atomic E-state index is 0.0903. The van der Waals surface area contributed by atoms with Gasteiger partial charge in [0.1, 0.15) is 0 Å². The highest BCUT2D eigenvalue weighted by atomic mass is 16.5. The molecule has 0 aromatic carbocycles. The lowest BCUT2D eigenvalue weighted by Gasteiger charge is -2.19. The van der Waals surface area contributed by atoms with E-state index >= 15 is 0 Å². The van der Waals surface area contributed by atoms with Crippen LogP contribution in [0.1, 0.15) is 39.5 Å². The molecule has 4 heteroatoms. The van der Waals surface area contributed by atoms with Gasteiger partial charge >= 0.3 is 0 Å². The van der Waals surface area contributed by atoms with Gasteiger partial charge in [-0.3, -0.25) is 4.79 Å². The minimum absolute atomic E-state index is 0.0903. The molecule has 0 bridgehead atoms. The first-order valence-electron chi connectivity index (χ1n) is 6.62. The van der Waals surface area contributed by atoms with Crippen molar-refractivity contribution in [3.8, 4) is 0 Å². The van der Waals surface area contributed by atoms with Crippen LogP contribution in [-0.4, -0.2) is 44.2 Å². The topological polar surface area (TPSA) is 55.6 Å². The van der Waals surface area contributed by atoms with Crippen LogP contribution < -0.4 is 5.73 Å². The monoisotopic (exact) mass is 244 g/mol.